The van der Waals surface area contributed by atoms with Crippen LogP contribution in [0.15, 0.2) is 52.2 Å². The first-order valence-corrected chi connectivity index (χ1v) is 10.4. The summed E-state index contributed by atoms with van der Waals surface area (Å²) in [5.74, 6) is 0.742. The summed E-state index contributed by atoms with van der Waals surface area (Å²) in [6.07, 6.45) is 7.30. The third-order valence-corrected chi connectivity index (χ3v) is 5.77. The summed E-state index contributed by atoms with van der Waals surface area (Å²) >= 11 is 1.31. The molecule has 146 valence electrons. The Bertz CT molecular complexity index is 936. The van der Waals surface area contributed by atoms with Gasteiger partial charge in [0.1, 0.15) is 5.82 Å². The average molecular weight is 400 g/mol. The molecule has 0 unspecified atom stereocenters. The number of nitrogens with one attached hydrogen (secondary N) is 1. The molecule has 1 aliphatic rings. The van der Waals surface area contributed by atoms with Crippen LogP contribution in [0, 0.1) is 5.82 Å². The first-order chi connectivity index (χ1) is 13.7. The second-order valence-corrected chi connectivity index (χ2v) is 7.70. The Labute approximate surface area is 166 Å². The molecule has 0 atom stereocenters. The quantitative estimate of drug-likeness (QED) is 0.595. The summed E-state index contributed by atoms with van der Waals surface area (Å²) in [7, 11) is 0. The molecular weight excluding hydrogens is 379 g/mol. The summed E-state index contributed by atoms with van der Waals surface area (Å²) in [5, 5.41) is 11.9. The van der Waals surface area contributed by atoms with Crippen molar-refractivity contribution in [1.29, 1.82) is 0 Å². The summed E-state index contributed by atoms with van der Waals surface area (Å²) in [4.78, 5) is 12.3. The summed E-state index contributed by atoms with van der Waals surface area (Å²) in [6.45, 7) is 0. The Hall–Kier alpha value is -2.61. The molecule has 1 aromatic carbocycles. The highest BCUT2D eigenvalue weighted by molar-refractivity contribution is 7.99. The minimum Gasteiger partial charge on any atom is -0.461 e. The topological polar surface area (TPSA) is 73.0 Å². The van der Waals surface area contributed by atoms with Crippen molar-refractivity contribution in [3.8, 4) is 11.6 Å². The van der Waals surface area contributed by atoms with Crippen LogP contribution < -0.4 is 5.32 Å². The van der Waals surface area contributed by atoms with Crippen LogP contribution >= 0.6 is 11.8 Å². The largest absolute Gasteiger partial charge is 0.461 e. The van der Waals surface area contributed by atoms with Crippen molar-refractivity contribution in [1.82, 2.24) is 14.8 Å². The number of carbonyl (C=O) groups excluding carboxylic acids is 1. The van der Waals surface area contributed by atoms with Crippen molar-refractivity contribution in [2.75, 3.05) is 11.1 Å². The van der Waals surface area contributed by atoms with Crippen molar-refractivity contribution in [2.45, 2.75) is 43.3 Å². The number of aromatic nitrogens is 3. The van der Waals surface area contributed by atoms with Gasteiger partial charge in [0.25, 0.3) is 0 Å². The average Bonchev–Trinajstić information content (AvgIpc) is 3.38. The van der Waals surface area contributed by atoms with E-state index in [1.165, 1.54) is 30.3 Å². The Kier molecular flexibility index (Phi) is 5.76. The molecule has 2 heterocycles. The fourth-order valence-corrected chi connectivity index (χ4v) is 4.30. The number of carbonyl (C=O) groups is 1. The van der Waals surface area contributed by atoms with Crippen molar-refractivity contribution in [3.63, 3.8) is 0 Å². The van der Waals surface area contributed by atoms with Crippen LogP contribution in [0.3, 0.4) is 0 Å². The highest BCUT2D eigenvalue weighted by Crippen LogP contribution is 2.35. The number of para-hydroxylation sites is 1. The van der Waals surface area contributed by atoms with Crippen LogP contribution in [-0.4, -0.2) is 26.4 Å². The minimum absolute atomic E-state index is 0.122. The fourth-order valence-electron chi connectivity index (χ4n) is 3.50. The maximum absolute atomic E-state index is 13.7. The molecule has 6 nitrogen and oxygen atoms in total. The lowest BCUT2D eigenvalue weighted by Crippen LogP contribution is -2.17. The number of nitrogens with zero attached hydrogens (tertiary/aromatic N) is 3. The monoisotopic (exact) mass is 400 g/mol. The number of thioether (sulfide) groups is 1. The van der Waals surface area contributed by atoms with E-state index in [2.05, 4.69) is 20.1 Å². The smallest absolute Gasteiger partial charge is 0.234 e. The first-order valence-electron chi connectivity index (χ1n) is 9.38. The molecule has 1 fully saturated rings. The van der Waals surface area contributed by atoms with Crippen LogP contribution in [0.2, 0.25) is 0 Å². The van der Waals surface area contributed by atoms with Gasteiger partial charge in [0, 0.05) is 6.04 Å². The highest BCUT2D eigenvalue weighted by Gasteiger charge is 2.25. The Morgan fingerprint density at radius 3 is 2.75 bits per heavy atom. The molecule has 8 heteroatoms. The number of hydrogen-bond donors (Lipinski definition) is 1. The molecule has 0 aliphatic heterocycles. The van der Waals surface area contributed by atoms with Gasteiger partial charge < -0.3 is 9.73 Å². The van der Waals surface area contributed by atoms with E-state index in [9.17, 15) is 9.18 Å². The predicted molar refractivity (Wildman–Crippen MR) is 106 cm³/mol. The molecule has 4 rings (SSSR count). The highest BCUT2D eigenvalue weighted by atomic mass is 32.2. The molecule has 3 aromatic rings. The number of halogens is 1. The van der Waals surface area contributed by atoms with Gasteiger partial charge in [0.05, 0.1) is 17.7 Å². The van der Waals surface area contributed by atoms with Crippen LogP contribution in [0.5, 0.6) is 0 Å². The third kappa shape index (κ3) is 4.11. The van der Waals surface area contributed by atoms with E-state index in [0.29, 0.717) is 22.8 Å². The Morgan fingerprint density at radius 1 is 1.18 bits per heavy atom. The van der Waals surface area contributed by atoms with Crippen molar-refractivity contribution in [2.24, 2.45) is 0 Å². The molecular formula is C20H21FN4O2S. The minimum atomic E-state index is -0.452. The van der Waals surface area contributed by atoms with Crippen LogP contribution in [0.25, 0.3) is 11.6 Å². The zero-order valence-corrected chi connectivity index (χ0v) is 16.1. The number of rotatable bonds is 6. The molecule has 0 radical (unpaired) electrons. The van der Waals surface area contributed by atoms with Crippen LogP contribution in [-0.2, 0) is 4.79 Å². The van der Waals surface area contributed by atoms with Gasteiger partial charge in [-0.3, -0.25) is 9.36 Å². The van der Waals surface area contributed by atoms with Crippen molar-refractivity contribution in [3.05, 3.63) is 48.5 Å². The molecule has 1 N–H and O–H groups in total. The molecule has 1 aliphatic carbocycles. The van der Waals surface area contributed by atoms with E-state index in [-0.39, 0.29) is 17.3 Å². The first kappa shape index (κ1) is 18.7. The van der Waals surface area contributed by atoms with E-state index < -0.39 is 5.82 Å². The van der Waals surface area contributed by atoms with E-state index in [1.54, 1.807) is 18.4 Å². The summed E-state index contributed by atoms with van der Waals surface area (Å²) in [5.41, 5.74) is 0.179. The molecule has 0 spiro atoms. The number of furan rings is 1. The molecule has 0 bridgehead atoms. The summed E-state index contributed by atoms with van der Waals surface area (Å²) in [6, 6.07) is 10.1. The second-order valence-electron chi connectivity index (χ2n) is 6.76. The molecule has 0 saturated heterocycles. The van der Waals surface area contributed by atoms with Gasteiger partial charge in [0.15, 0.2) is 10.9 Å². The van der Waals surface area contributed by atoms with E-state index >= 15 is 0 Å². The fraction of sp³-hybridized carbons (Fsp3) is 0.350. The number of benzene rings is 1. The normalized spacial score (nSPS) is 14.9. The predicted octanol–water partition coefficient (Wildman–Crippen LogP) is 4.91. The maximum Gasteiger partial charge on any atom is 0.234 e. The number of hydrogen-bond acceptors (Lipinski definition) is 5. The van der Waals surface area contributed by atoms with Gasteiger partial charge in [-0.1, -0.05) is 43.2 Å². The SMILES string of the molecule is O=C(CSc1nnc(-c2ccco2)n1C1CCCCC1)Nc1ccccc1F. The van der Waals surface area contributed by atoms with Gasteiger partial charge in [-0.05, 0) is 37.1 Å². The summed E-state index contributed by atoms with van der Waals surface area (Å²) < 4.78 is 21.3. The number of anilines is 1. The lowest BCUT2D eigenvalue weighted by atomic mass is 9.95. The molecule has 1 amide bonds. The van der Waals surface area contributed by atoms with E-state index in [0.717, 1.165) is 25.7 Å². The lowest BCUT2D eigenvalue weighted by Gasteiger charge is -2.25. The molecule has 2 aromatic heterocycles. The third-order valence-electron chi connectivity index (χ3n) is 4.83. The van der Waals surface area contributed by atoms with E-state index in [4.69, 9.17) is 4.42 Å². The second kappa shape index (κ2) is 8.60. The molecule has 1 saturated carbocycles. The van der Waals surface area contributed by atoms with Crippen molar-refractivity contribution >= 4 is 23.4 Å². The van der Waals surface area contributed by atoms with Crippen molar-refractivity contribution < 1.29 is 13.6 Å². The number of amides is 1. The Balaban J connectivity index is 1.51. The zero-order chi connectivity index (χ0) is 19.3. The Morgan fingerprint density at radius 2 is 2.00 bits per heavy atom. The zero-order valence-electron chi connectivity index (χ0n) is 15.3. The van der Waals surface area contributed by atoms with Crippen LogP contribution in [0.4, 0.5) is 10.1 Å². The van der Waals surface area contributed by atoms with Gasteiger partial charge in [-0.25, -0.2) is 4.39 Å². The van der Waals surface area contributed by atoms with Gasteiger partial charge in [-0.2, -0.15) is 0 Å². The van der Waals surface area contributed by atoms with Crippen LogP contribution in [0.1, 0.15) is 38.1 Å². The van der Waals surface area contributed by atoms with Gasteiger partial charge in [-0.15, -0.1) is 10.2 Å². The van der Waals surface area contributed by atoms with Gasteiger partial charge in [0.2, 0.25) is 11.7 Å². The van der Waals surface area contributed by atoms with E-state index in [1.807, 2.05) is 12.1 Å². The maximum atomic E-state index is 13.7. The lowest BCUT2D eigenvalue weighted by molar-refractivity contribution is -0.113. The van der Waals surface area contributed by atoms with Gasteiger partial charge >= 0.3 is 0 Å². The standard InChI is InChI=1S/C20H21FN4O2S/c21-15-9-4-5-10-16(15)22-18(26)13-28-20-24-23-19(17-11-6-12-27-17)25(20)14-7-2-1-3-8-14/h4-6,9-12,14H,1-3,7-8,13H2,(H,22,26). The molecule has 28 heavy (non-hydrogen) atoms.